The maximum Gasteiger partial charge on any atom is 0.252 e. The summed E-state index contributed by atoms with van der Waals surface area (Å²) in [5, 5.41) is 0. The van der Waals surface area contributed by atoms with E-state index in [1.807, 2.05) is 47.9 Å². The van der Waals surface area contributed by atoms with Gasteiger partial charge in [0, 0.05) is 18.7 Å². The van der Waals surface area contributed by atoms with Crippen molar-refractivity contribution in [1.82, 2.24) is 4.57 Å². The number of methoxy groups -OCH3 is 1. The maximum absolute atomic E-state index is 12.5. The Labute approximate surface area is 154 Å². The number of thiazole rings is 1. The molecular weight excluding hydrogens is 352 g/mol. The van der Waals surface area contributed by atoms with Crippen molar-refractivity contribution in [2.75, 3.05) is 13.9 Å². The lowest BCUT2D eigenvalue weighted by Crippen LogP contribution is -2.16. The Hall–Kier alpha value is -2.80. The number of hydrogen-bond acceptors (Lipinski definition) is 5. The number of nitrogens with zero attached hydrogens (tertiary/aromatic N) is 2. The van der Waals surface area contributed by atoms with E-state index in [0.717, 1.165) is 33.0 Å². The van der Waals surface area contributed by atoms with Crippen LogP contribution in [0, 0.1) is 0 Å². The molecule has 1 aliphatic heterocycles. The van der Waals surface area contributed by atoms with Gasteiger partial charge < -0.3 is 18.8 Å². The molecule has 1 aromatic heterocycles. The fraction of sp³-hybridized carbons (Fsp3) is 0.263. The van der Waals surface area contributed by atoms with Gasteiger partial charge in [-0.15, -0.1) is 0 Å². The summed E-state index contributed by atoms with van der Waals surface area (Å²) in [6.45, 7) is 2.99. The summed E-state index contributed by atoms with van der Waals surface area (Å²) < 4.78 is 19.1. The number of aromatic nitrogens is 1. The van der Waals surface area contributed by atoms with Crippen molar-refractivity contribution in [3.8, 4) is 17.2 Å². The van der Waals surface area contributed by atoms with E-state index in [1.54, 1.807) is 7.11 Å². The molecule has 0 bridgehead atoms. The van der Waals surface area contributed by atoms with Crippen LogP contribution in [0.4, 0.5) is 0 Å². The third-order valence-corrected chi connectivity index (χ3v) is 5.24. The first-order valence-electron chi connectivity index (χ1n) is 8.31. The van der Waals surface area contributed by atoms with Crippen LogP contribution in [0.1, 0.15) is 12.5 Å². The average molecular weight is 370 g/mol. The maximum atomic E-state index is 12.5. The fourth-order valence-electron chi connectivity index (χ4n) is 2.95. The smallest absolute Gasteiger partial charge is 0.252 e. The molecule has 6 nitrogen and oxygen atoms in total. The zero-order valence-corrected chi connectivity index (χ0v) is 15.3. The quantitative estimate of drug-likeness (QED) is 0.708. The van der Waals surface area contributed by atoms with Crippen LogP contribution in [-0.4, -0.2) is 24.4 Å². The first-order chi connectivity index (χ1) is 12.7. The van der Waals surface area contributed by atoms with E-state index in [4.69, 9.17) is 14.2 Å². The zero-order valence-electron chi connectivity index (χ0n) is 14.5. The minimum absolute atomic E-state index is 0.188. The lowest BCUT2D eigenvalue weighted by molar-refractivity contribution is -0.117. The molecule has 0 spiro atoms. The highest BCUT2D eigenvalue weighted by atomic mass is 32.1. The number of ether oxygens (including phenoxy) is 3. The fourth-order valence-corrected chi connectivity index (χ4v) is 4.08. The molecule has 0 N–H and O–H groups in total. The predicted molar refractivity (Wildman–Crippen MR) is 98.9 cm³/mol. The second kappa shape index (κ2) is 6.84. The Morgan fingerprint density at radius 3 is 2.85 bits per heavy atom. The number of benzene rings is 2. The van der Waals surface area contributed by atoms with Crippen LogP contribution in [0.15, 0.2) is 41.4 Å². The molecule has 1 amide bonds. The highest BCUT2D eigenvalue weighted by Crippen LogP contribution is 2.36. The van der Waals surface area contributed by atoms with Crippen molar-refractivity contribution in [2.45, 2.75) is 19.9 Å². The van der Waals surface area contributed by atoms with Crippen LogP contribution in [-0.2, 0) is 17.8 Å². The van der Waals surface area contributed by atoms with Crippen LogP contribution in [0.5, 0.6) is 17.2 Å². The monoisotopic (exact) mass is 370 g/mol. The molecule has 3 aromatic rings. The summed E-state index contributed by atoms with van der Waals surface area (Å²) in [6.07, 6.45) is 0.234. The van der Waals surface area contributed by atoms with E-state index in [9.17, 15) is 4.79 Å². The molecule has 0 aliphatic carbocycles. The van der Waals surface area contributed by atoms with Gasteiger partial charge in [-0.25, -0.2) is 0 Å². The minimum atomic E-state index is -0.188. The summed E-state index contributed by atoms with van der Waals surface area (Å²) in [4.78, 5) is 17.5. The molecular formula is C19H18N2O4S. The van der Waals surface area contributed by atoms with Crippen LogP contribution < -0.4 is 19.0 Å². The Morgan fingerprint density at radius 1 is 1.27 bits per heavy atom. The van der Waals surface area contributed by atoms with Gasteiger partial charge in [0.1, 0.15) is 5.75 Å². The molecule has 0 fully saturated rings. The number of carbonyl (C=O) groups is 1. The summed E-state index contributed by atoms with van der Waals surface area (Å²) in [7, 11) is 1.61. The van der Waals surface area contributed by atoms with Crippen molar-refractivity contribution in [1.29, 1.82) is 0 Å². The molecule has 1 aliphatic rings. The SMILES string of the molecule is CCn1c(=NC(=O)Cc2cccc(OC)c2)sc2cc3c(cc21)OCO3. The average Bonchev–Trinajstić information content (AvgIpc) is 3.22. The molecule has 0 saturated heterocycles. The van der Waals surface area contributed by atoms with E-state index in [0.29, 0.717) is 11.3 Å². The van der Waals surface area contributed by atoms with Crippen LogP contribution in [0.3, 0.4) is 0 Å². The van der Waals surface area contributed by atoms with E-state index in [1.165, 1.54) is 11.3 Å². The zero-order chi connectivity index (χ0) is 18.1. The number of fused-ring (bicyclic) bond motifs is 2. The predicted octanol–water partition coefficient (Wildman–Crippen LogP) is 3.13. The molecule has 7 heteroatoms. The second-order valence-corrected chi connectivity index (χ2v) is 6.85. The van der Waals surface area contributed by atoms with Gasteiger partial charge in [-0.2, -0.15) is 4.99 Å². The molecule has 0 unspecified atom stereocenters. The lowest BCUT2D eigenvalue weighted by Gasteiger charge is -2.03. The van der Waals surface area contributed by atoms with E-state index in [2.05, 4.69) is 4.99 Å². The highest BCUT2D eigenvalue weighted by Gasteiger charge is 2.17. The Balaban J connectivity index is 1.69. The van der Waals surface area contributed by atoms with Crippen molar-refractivity contribution in [3.05, 3.63) is 46.8 Å². The van der Waals surface area contributed by atoms with Gasteiger partial charge in [0.05, 0.1) is 23.7 Å². The van der Waals surface area contributed by atoms with Gasteiger partial charge in [0.25, 0.3) is 5.91 Å². The summed E-state index contributed by atoms with van der Waals surface area (Å²) in [6, 6.07) is 11.4. The molecule has 0 radical (unpaired) electrons. The Morgan fingerprint density at radius 2 is 2.08 bits per heavy atom. The number of aryl methyl sites for hydroxylation is 1. The van der Waals surface area contributed by atoms with E-state index >= 15 is 0 Å². The normalized spacial score (nSPS) is 13.4. The first-order valence-corrected chi connectivity index (χ1v) is 9.13. The molecule has 26 heavy (non-hydrogen) atoms. The van der Waals surface area contributed by atoms with Crippen LogP contribution in [0.2, 0.25) is 0 Å². The van der Waals surface area contributed by atoms with Gasteiger partial charge in [-0.1, -0.05) is 23.5 Å². The molecule has 2 aromatic carbocycles. The highest BCUT2D eigenvalue weighted by molar-refractivity contribution is 7.16. The largest absolute Gasteiger partial charge is 0.497 e. The third kappa shape index (κ3) is 3.06. The standard InChI is InChI=1S/C19H18N2O4S/c1-3-21-14-9-15-16(25-11-24-15)10-17(14)26-19(21)20-18(22)8-12-5-4-6-13(7-12)23-2/h4-7,9-10H,3,8,11H2,1-2H3. The Bertz CT molecular complexity index is 1050. The number of carbonyl (C=O) groups excluding carboxylic acids is 1. The summed E-state index contributed by atoms with van der Waals surface area (Å²) >= 11 is 1.48. The van der Waals surface area contributed by atoms with Crippen molar-refractivity contribution in [3.63, 3.8) is 0 Å². The van der Waals surface area contributed by atoms with Crippen molar-refractivity contribution >= 4 is 27.5 Å². The number of hydrogen-bond donors (Lipinski definition) is 0. The van der Waals surface area contributed by atoms with Gasteiger partial charge in [0.2, 0.25) is 6.79 Å². The van der Waals surface area contributed by atoms with Gasteiger partial charge in [-0.3, -0.25) is 4.79 Å². The molecule has 4 rings (SSSR count). The van der Waals surface area contributed by atoms with Gasteiger partial charge >= 0.3 is 0 Å². The van der Waals surface area contributed by atoms with Crippen LogP contribution in [0.25, 0.3) is 10.2 Å². The molecule has 0 saturated carbocycles. The van der Waals surface area contributed by atoms with Gasteiger partial charge in [0.15, 0.2) is 16.3 Å². The summed E-state index contributed by atoms with van der Waals surface area (Å²) in [5.74, 6) is 2.00. The van der Waals surface area contributed by atoms with Gasteiger partial charge in [-0.05, 0) is 24.6 Å². The lowest BCUT2D eigenvalue weighted by atomic mass is 10.1. The third-order valence-electron chi connectivity index (χ3n) is 4.20. The molecule has 134 valence electrons. The molecule has 2 heterocycles. The second-order valence-electron chi connectivity index (χ2n) is 5.84. The van der Waals surface area contributed by atoms with Crippen molar-refractivity contribution in [2.24, 2.45) is 4.99 Å². The van der Waals surface area contributed by atoms with E-state index in [-0.39, 0.29) is 19.1 Å². The number of rotatable bonds is 4. The Kier molecular flexibility index (Phi) is 4.38. The minimum Gasteiger partial charge on any atom is -0.497 e. The number of amides is 1. The molecule has 0 atom stereocenters. The van der Waals surface area contributed by atoms with E-state index < -0.39 is 0 Å². The summed E-state index contributed by atoms with van der Waals surface area (Å²) in [5.41, 5.74) is 1.87. The first kappa shape index (κ1) is 16.7. The topological polar surface area (TPSA) is 62.1 Å². The van der Waals surface area contributed by atoms with Crippen molar-refractivity contribution < 1.29 is 19.0 Å². The van der Waals surface area contributed by atoms with Crippen LogP contribution >= 0.6 is 11.3 Å².